The first-order valence-electron chi connectivity index (χ1n) is 10.8. The molecule has 6 aromatic carbocycles. The van der Waals surface area contributed by atoms with Crippen molar-refractivity contribution in [3.63, 3.8) is 0 Å². The monoisotopic (exact) mass is 408 g/mol. The van der Waals surface area contributed by atoms with Crippen LogP contribution < -0.4 is 0 Å². The molecule has 0 unspecified atom stereocenters. The van der Waals surface area contributed by atoms with E-state index < -0.39 is 5.60 Å². The van der Waals surface area contributed by atoms with E-state index in [9.17, 15) is 5.11 Å². The van der Waals surface area contributed by atoms with Gasteiger partial charge >= 0.3 is 0 Å². The van der Waals surface area contributed by atoms with Gasteiger partial charge in [-0.25, -0.2) is 0 Å². The average molecular weight is 409 g/mol. The molecule has 6 aromatic rings. The quantitative estimate of drug-likeness (QED) is 0.245. The molecular formula is C31H20O. The predicted molar refractivity (Wildman–Crippen MR) is 133 cm³/mol. The van der Waals surface area contributed by atoms with Gasteiger partial charge in [-0.1, -0.05) is 121 Å². The van der Waals surface area contributed by atoms with Crippen LogP contribution in [-0.4, -0.2) is 5.11 Å². The lowest BCUT2D eigenvalue weighted by Gasteiger charge is -2.23. The second-order valence-electron chi connectivity index (χ2n) is 8.17. The van der Waals surface area contributed by atoms with Gasteiger partial charge in [0.2, 0.25) is 0 Å². The van der Waals surface area contributed by atoms with Crippen LogP contribution in [0.1, 0.15) is 16.7 Å². The molecule has 0 saturated carbocycles. The van der Waals surface area contributed by atoms with Crippen molar-refractivity contribution in [2.45, 2.75) is 5.60 Å². The summed E-state index contributed by atoms with van der Waals surface area (Å²) in [5.74, 6) is 6.61. The van der Waals surface area contributed by atoms with E-state index in [4.69, 9.17) is 0 Å². The summed E-state index contributed by atoms with van der Waals surface area (Å²) in [7, 11) is 0. The summed E-state index contributed by atoms with van der Waals surface area (Å²) in [4.78, 5) is 0. The van der Waals surface area contributed by atoms with Crippen LogP contribution in [-0.2, 0) is 5.60 Å². The Bertz CT molecular complexity index is 1580. The molecule has 0 aliphatic carbocycles. The Morgan fingerprint density at radius 2 is 1.09 bits per heavy atom. The van der Waals surface area contributed by atoms with Crippen molar-refractivity contribution in [1.29, 1.82) is 0 Å². The molecule has 1 N–H and O–H groups in total. The fourth-order valence-electron chi connectivity index (χ4n) is 4.69. The minimum atomic E-state index is -1.40. The number of hydrogen-bond acceptors (Lipinski definition) is 1. The van der Waals surface area contributed by atoms with Crippen molar-refractivity contribution in [2.24, 2.45) is 0 Å². The van der Waals surface area contributed by atoms with Gasteiger partial charge in [0.05, 0.1) is 0 Å². The van der Waals surface area contributed by atoms with Crippen molar-refractivity contribution in [3.8, 4) is 11.8 Å². The van der Waals surface area contributed by atoms with Crippen molar-refractivity contribution < 1.29 is 5.11 Å². The second kappa shape index (κ2) is 7.24. The van der Waals surface area contributed by atoms with E-state index in [0.717, 1.165) is 22.1 Å². The molecule has 32 heavy (non-hydrogen) atoms. The minimum absolute atomic E-state index is 0.760. The summed E-state index contributed by atoms with van der Waals surface area (Å²) in [6, 6.07) is 38.6. The third-order valence-corrected chi connectivity index (χ3v) is 6.27. The highest BCUT2D eigenvalue weighted by atomic mass is 16.3. The highest BCUT2D eigenvalue weighted by molar-refractivity contribution is 6.24. The third kappa shape index (κ3) is 2.86. The molecule has 0 aromatic heterocycles. The molecule has 150 valence electrons. The van der Waals surface area contributed by atoms with Crippen LogP contribution >= 0.6 is 0 Å². The van der Waals surface area contributed by atoms with Crippen LogP contribution in [0.5, 0.6) is 0 Å². The first kappa shape index (κ1) is 18.6. The van der Waals surface area contributed by atoms with E-state index in [0.29, 0.717) is 0 Å². The van der Waals surface area contributed by atoms with Gasteiger partial charge in [0.1, 0.15) is 0 Å². The summed E-state index contributed by atoms with van der Waals surface area (Å²) in [5, 5.41) is 19.0. The Hall–Kier alpha value is -4.12. The molecular weight excluding hydrogens is 388 g/mol. The van der Waals surface area contributed by atoms with Gasteiger partial charge in [-0.15, -0.1) is 0 Å². The van der Waals surface area contributed by atoms with Gasteiger partial charge in [0, 0.05) is 16.7 Å². The Morgan fingerprint density at radius 1 is 0.531 bits per heavy atom. The van der Waals surface area contributed by atoms with Gasteiger partial charge in [0.25, 0.3) is 0 Å². The molecule has 0 aliphatic rings. The van der Waals surface area contributed by atoms with Crippen LogP contribution in [0.25, 0.3) is 32.3 Å². The van der Waals surface area contributed by atoms with Crippen LogP contribution in [0.3, 0.4) is 0 Å². The topological polar surface area (TPSA) is 20.2 Å². The highest BCUT2D eigenvalue weighted by Crippen LogP contribution is 2.36. The van der Waals surface area contributed by atoms with Gasteiger partial charge in [-0.2, -0.15) is 0 Å². The molecule has 0 heterocycles. The Balaban J connectivity index is 1.63. The first-order valence-corrected chi connectivity index (χ1v) is 10.8. The van der Waals surface area contributed by atoms with Crippen molar-refractivity contribution in [1.82, 2.24) is 0 Å². The van der Waals surface area contributed by atoms with Crippen molar-refractivity contribution in [3.05, 3.63) is 132 Å². The zero-order valence-corrected chi connectivity index (χ0v) is 17.4. The molecule has 0 amide bonds. The molecule has 6 rings (SSSR count). The van der Waals surface area contributed by atoms with Crippen LogP contribution in [0.4, 0.5) is 0 Å². The van der Waals surface area contributed by atoms with Gasteiger partial charge < -0.3 is 5.11 Å². The number of benzene rings is 6. The highest BCUT2D eigenvalue weighted by Gasteiger charge is 2.29. The fraction of sp³-hybridized carbons (Fsp3) is 0.0323. The number of rotatable bonds is 2. The van der Waals surface area contributed by atoms with Crippen LogP contribution in [0.2, 0.25) is 0 Å². The maximum atomic E-state index is 11.8. The lowest BCUT2D eigenvalue weighted by atomic mass is 9.86. The molecule has 1 heteroatoms. The molecule has 0 fully saturated rings. The third-order valence-electron chi connectivity index (χ3n) is 6.27. The fourth-order valence-corrected chi connectivity index (χ4v) is 4.69. The zero-order valence-electron chi connectivity index (χ0n) is 17.4. The van der Waals surface area contributed by atoms with E-state index >= 15 is 0 Å². The van der Waals surface area contributed by atoms with E-state index in [2.05, 4.69) is 66.4 Å². The summed E-state index contributed by atoms with van der Waals surface area (Å²) >= 11 is 0. The normalized spacial score (nSPS) is 11.7. The Morgan fingerprint density at radius 3 is 1.75 bits per heavy atom. The molecule has 0 bridgehead atoms. The Labute approximate surface area is 186 Å². The number of aliphatic hydroxyl groups is 1. The van der Waals surface area contributed by atoms with Gasteiger partial charge in [-0.05, 0) is 38.4 Å². The van der Waals surface area contributed by atoms with E-state index in [-0.39, 0.29) is 0 Å². The molecule has 1 nitrogen and oxygen atoms in total. The predicted octanol–water partition coefficient (Wildman–Crippen LogP) is 6.87. The maximum Gasteiger partial charge on any atom is 0.177 e. The lowest BCUT2D eigenvalue weighted by Crippen LogP contribution is -2.25. The summed E-state index contributed by atoms with van der Waals surface area (Å²) in [6.45, 7) is 0. The van der Waals surface area contributed by atoms with E-state index in [1.165, 1.54) is 26.9 Å². The molecule has 0 atom stereocenters. The minimum Gasteiger partial charge on any atom is -0.369 e. The average Bonchev–Trinajstić information content (AvgIpc) is 2.87. The Kier molecular flexibility index (Phi) is 4.21. The summed E-state index contributed by atoms with van der Waals surface area (Å²) in [6.07, 6.45) is 0. The first-order chi connectivity index (χ1) is 15.7. The summed E-state index contributed by atoms with van der Waals surface area (Å²) in [5.41, 5.74) is 1.04. The van der Waals surface area contributed by atoms with Gasteiger partial charge in [-0.3, -0.25) is 0 Å². The SMILES string of the molecule is OC(C#Cc1cc2cccc3ccc4cccc1c4c32)(c1ccccc1)c1ccccc1. The zero-order chi connectivity index (χ0) is 21.5. The maximum absolute atomic E-state index is 11.8. The lowest BCUT2D eigenvalue weighted by molar-refractivity contribution is 0.145. The molecule has 0 saturated heterocycles. The molecule has 0 spiro atoms. The van der Waals surface area contributed by atoms with Crippen LogP contribution in [0, 0.1) is 11.8 Å². The summed E-state index contributed by atoms with van der Waals surface area (Å²) < 4.78 is 0. The standard InChI is InChI=1S/C31H20O/c32-31(26-12-3-1-4-13-26,27-14-5-2-6-15-27)20-19-24-21-25-11-7-9-22-17-18-23-10-8-16-28(24)30(23)29(22)25/h1-18,21,32H. The van der Waals surface area contributed by atoms with Crippen molar-refractivity contribution in [2.75, 3.05) is 0 Å². The van der Waals surface area contributed by atoms with E-state index in [1.54, 1.807) is 0 Å². The van der Waals surface area contributed by atoms with Gasteiger partial charge in [0.15, 0.2) is 5.60 Å². The van der Waals surface area contributed by atoms with Crippen LogP contribution in [0.15, 0.2) is 115 Å². The molecule has 0 radical (unpaired) electrons. The smallest absolute Gasteiger partial charge is 0.177 e. The molecule has 0 aliphatic heterocycles. The van der Waals surface area contributed by atoms with E-state index in [1.807, 2.05) is 60.7 Å². The van der Waals surface area contributed by atoms with Crippen molar-refractivity contribution >= 4 is 32.3 Å². The largest absolute Gasteiger partial charge is 0.369 e. The second-order valence-corrected chi connectivity index (χ2v) is 8.17. The number of hydrogen-bond donors (Lipinski definition) is 1.